The molecule has 1 N–H and O–H groups in total. The Hall–Kier alpha value is -3.25. The van der Waals surface area contributed by atoms with E-state index in [1.807, 2.05) is 19.1 Å². The third-order valence-electron chi connectivity index (χ3n) is 6.88. The van der Waals surface area contributed by atoms with E-state index in [0.29, 0.717) is 17.2 Å². The number of H-pyrrole nitrogens is 1. The standard InChI is InChI=1S/C29H35FN4O/c1-6-19(2)17-26-22(18-20(3)28-23(30)9-7-12-27(28)35-5)29(33-32-26)25-11-8-10-24(31-25)21-13-15-34(4)16-14-21/h7-12,17-18,21H,6,13-16H2,1-5H3,(H,32,33)/b19-17+,20-18+. The van der Waals surface area contributed by atoms with Gasteiger partial charge in [0.1, 0.15) is 17.3 Å². The van der Waals surface area contributed by atoms with Crippen molar-refractivity contribution in [3.8, 4) is 17.1 Å². The Morgan fingerprint density at radius 1 is 1.14 bits per heavy atom. The van der Waals surface area contributed by atoms with E-state index in [-0.39, 0.29) is 5.82 Å². The van der Waals surface area contributed by atoms with Crippen molar-refractivity contribution in [2.45, 2.75) is 46.0 Å². The first kappa shape index (κ1) is 24.9. The van der Waals surface area contributed by atoms with Crippen LogP contribution in [0.4, 0.5) is 4.39 Å². The minimum Gasteiger partial charge on any atom is -0.496 e. The molecular weight excluding hydrogens is 439 g/mol. The number of hydrogen-bond acceptors (Lipinski definition) is 4. The van der Waals surface area contributed by atoms with Gasteiger partial charge in [-0.2, -0.15) is 5.10 Å². The van der Waals surface area contributed by atoms with Gasteiger partial charge in [-0.25, -0.2) is 4.39 Å². The number of pyridine rings is 1. The molecule has 0 saturated carbocycles. The molecule has 0 radical (unpaired) electrons. The zero-order chi connectivity index (χ0) is 24.9. The number of benzene rings is 1. The van der Waals surface area contributed by atoms with Crippen molar-refractivity contribution in [2.24, 2.45) is 0 Å². The molecule has 5 nitrogen and oxygen atoms in total. The summed E-state index contributed by atoms with van der Waals surface area (Å²) in [7, 11) is 3.73. The molecule has 1 aliphatic rings. The second kappa shape index (κ2) is 11.0. The van der Waals surface area contributed by atoms with Gasteiger partial charge in [0.2, 0.25) is 0 Å². The lowest BCUT2D eigenvalue weighted by molar-refractivity contribution is 0.253. The first-order valence-corrected chi connectivity index (χ1v) is 12.3. The molecule has 4 rings (SSSR count). The van der Waals surface area contributed by atoms with Gasteiger partial charge in [-0.1, -0.05) is 24.6 Å². The molecule has 3 aromatic rings. The van der Waals surface area contributed by atoms with Gasteiger partial charge >= 0.3 is 0 Å². The van der Waals surface area contributed by atoms with Gasteiger partial charge < -0.3 is 9.64 Å². The normalized spacial score (nSPS) is 16.1. The predicted octanol–water partition coefficient (Wildman–Crippen LogP) is 6.80. The van der Waals surface area contributed by atoms with E-state index in [1.54, 1.807) is 19.2 Å². The second-order valence-corrected chi connectivity index (χ2v) is 9.41. The number of rotatable bonds is 7. The largest absolute Gasteiger partial charge is 0.496 e. The van der Waals surface area contributed by atoms with Crippen molar-refractivity contribution in [2.75, 3.05) is 27.2 Å². The van der Waals surface area contributed by atoms with Crippen LogP contribution in [0.5, 0.6) is 5.75 Å². The lowest BCUT2D eigenvalue weighted by Crippen LogP contribution is -2.29. The van der Waals surface area contributed by atoms with Gasteiger partial charge in [-0.15, -0.1) is 0 Å². The molecule has 0 spiro atoms. The molecule has 0 bridgehead atoms. The van der Waals surface area contributed by atoms with Crippen LogP contribution < -0.4 is 4.74 Å². The highest BCUT2D eigenvalue weighted by molar-refractivity contribution is 5.89. The Morgan fingerprint density at radius 2 is 1.89 bits per heavy atom. The average Bonchev–Trinajstić information content (AvgIpc) is 3.25. The van der Waals surface area contributed by atoms with Crippen LogP contribution in [-0.2, 0) is 0 Å². The third kappa shape index (κ3) is 5.54. The summed E-state index contributed by atoms with van der Waals surface area (Å²) < 4.78 is 20.3. The smallest absolute Gasteiger partial charge is 0.134 e. The van der Waals surface area contributed by atoms with E-state index in [9.17, 15) is 4.39 Å². The number of likely N-dealkylation sites (tertiary alicyclic amines) is 1. The molecule has 6 heteroatoms. The first-order chi connectivity index (χ1) is 16.9. The van der Waals surface area contributed by atoms with Gasteiger partial charge in [0, 0.05) is 17.2 Å². The number of allylic oxidation sites excluding steroid dienone is 2. The van der Waals surface area contributed by atoms with Gasteiger partial charge in [0.25, 0.3) is 0 Å². The molecule has 1 aliphatic heterocycles. The molecule has 0 amide bonds. The van der Waals surface area contributed by atoms with Crippen molar-refractivity contribution in [3.05, 3.63) is 70.3 Å². The van der Waals surface area contributed by atoms with Gasteiger partial charge in [0.15, 0.2) is 0 Å². The number of ether oxygens (including phenoxy) is 1. The average molecular weight is 475 g/mol. The Kier molecular flexibility index (Phi) is 7.81. The van der Waals surface area contributed by atoms with Crippen LogP contribution in [-0.4, -0.2) is 47.3 Å². The van der Waals surface area contributed by atoms with Crippen molar-refractivity contribution < 1.29 is 9.13 Å². The summed E-state index contributed by atoms with van der Waals surface area (Å²) in [6, 6.07) is 11.1. The molecule has 35 heavy (non-hydrogen) atoms. The maximum absolute atomic E-state index is 14.8. The molecule has 184 valence electrons. The SMILES string of the molecule is CC/C(C)=C/c1[nH]nc(-c2cccc(C3CCN(C)CC3)n2)c1/C=C(\C)c1c(F)cccc1OC. The molecule has 1 aromatic carbocycles. The minimum atomic E-state index is -0.313. The molecule has 0 atom stereocenters. The monoisotopic (exact) mass is 474 g/mol. The molecule has 0 unspecified atom stereocenters. The Morgan fingerprint density at radius 3 is 2.60 bits per heavy atom. The summed E-state index contributed by atoms with van der Waals surface area (Å²) in [4.78, 5) is 7.41. The highest BCUT2D eigenvalue weighted by Crippen LogP contribution is 2.34. The van der Waals surface area contributed by atoms with E-state index in [1.165, 1.54) is 11.6 Å². The van der Waals surface area contributed by atoms with Crippen LogP contribution in [0.2, 0.25) is 0 Å². The molecule has 3 heterocycles. The third-order valence-corrected chi connectivity index (χ3v) is 6.88. The number of halogens is 1. The summed E-state index contributed by atoms with van der Waals surface area (Å²) in [6.07, 6.45) is 7.24. The van der Waals surface area contributed by atoms with Crippen molar-refractivity contribution in [3.63, 3.8) is 0 Å². The number of aromatic amines is 1. The maximum Gasteiger partial charge on any atom is 0.134 e. The Balaban J connectivity index is 1.81. The first-order valence-electron chi connectivity index (χ1n) is 12.3. The van der Waals surface area contributed by atoms with Crippen LogP contribution in [0, 0.1) is 5.82 Å². The van der Waals surface area contributed by atoms with Crippen LogP contribution in [0.15, 0.2) is 42.0 Å². The van der Waals surface area contributed by atoms with Gasteiger partial charge in [-0.05, 0) is 95.2 Å². The highest BCUT2D eigenvalue weighted by Gasteiger charge is 2.21. The summed E-state index contributed by atoms with van der Waals surface area (Å²) in [5, 5.41) is 7.87. The summed E-state index contributed by atoms with van der Waals surface area (Å²) in [5.74, 6) is 0.649. The van der Waals surface area contributed by atoms with Crippen LogP contribution in [0.25, 0.3) is 29.1 Å². The highest BCUT2D eigenvalue weighted by atomic mass is 19.1. The van der Waals surface area contributed by atoms with E-state index >= 15 is 0 Å². The van der Waals surface area contributed by atoms with Crippen LogP contribution in [0.1, 0.15) is 68.5 Å². The maximum atomic E-state index is 14.8. The van der Waals surface area contributed by atoms with Crippen molar-refractivity contribution >= 4 is 17.7 Å². The lowest BCUT2D eigenvalue weighted by Gasteiger charge is -2.28. The molecule has 0 aliphatic carbocycles. The zero-order valence-electron chi connectivity index (χ0n) is 21.4. The van der Waals surface area contributed by atoms with Crippen molar-refractivity contribution in [1.29, 1.82) is 0 Å². The summed E-state index contributed by atoms with van der Waals surface area (Å²) in [6.45, 7) is 8.30. The number of aromatic nitrogens is 3. The molecule has 1 fully saturated rings. The molecular formula is C29H35FN4O. The Labute approximate surface area is 207 Å². The van der Waals surface area contributed by atoms with Crippen LogP contribution >= 0.6 is 0 Å². The number of nitrogens with zero attached hydrogens (tertiary/aromatic N) is 3. The minimum absolute atomic E-state index is 0.313. The summed E-state index contributed by atoms with van der Waals surface area (Å²) >= 11 is 0. The van der Waals surface area contributed by atoms with Crippen molar-refractivity contribution in [1.82, 2.24) is 20.1 Å². The fraction of sp³-hybridized carbons (Fsp3) is 0.379. The molecule has 1 saturated heterocycles. The van der Waals surface area contributed by atoms with E-state index < -0.39 is 0 Å². The van der Waals surface area contributed by atoms with Gasteiger partial charge in [-0.3, -0.25) is 10.1 Å². The zero-order valence-corrected chi connectivity index (χ0v) is 21.4. The number of nitrogens with one attached hydrogen (secondary N) is 1. The van der Waals surface area contributed by atoms with E-state index in [0.717, 1.165) is 66.3 Å². The van der Waals surface area contributed by atoms with E-state index in [4.69, 9.17) is 9.72 Å². The van der Waals surface area contributed by atoms with Crippen LogP contribution in [0.3, 0.4) is 0 Å². The van der Waals surface area contributed by atoms with Gasteiger partial charge in [0.05, 0.1) is 24.1 Å². The lowest BCUT2D eigenvalue weighted by atomic mass is 9.93. The fourth-order valence-corrected chi connectivity index (χ4v) is 4.62. The number of methoxy groups -OCH3 is 1. The second-order valence-electron chi connectivity index (χ2n) is 9.41. The number of hydrogen-bond donors (Lipinski definition) is 1. The number of piperidine rings is 1. The quantitative estimate of drug-likeness (QED) is 0.409. The Bertz CT molecular complexity index is 1240. The topological polar surface area (TPSA) is 54.0 Å². The summed E-state index contributed by atoms with van der Waals surface area (Å²) in [5.41, 5.74) is 6.94. The predicted molar refractivity (Wildman–Crippen MR) is 142 cm³/mol. The fourth-order valence-electron chi connectivity index (χ4n) is 4.62. The molecule has 2 aromatic heterocycles. The van der Waals surface area contributed by atoms with E-state index in [2.05, 4.69) is 54.2 Å².